The van der Waals surface area contributed by atoms with Gasteiger partial charge in [-0.25, -0.2) is 13.4 Å². The molecule has 10 heteroatoms. The lowest BCUT2D eigenvalue weighted by Crippen LogP contribution is -2.35. The van der Waals surface area contributed by atoms with Crippen LogP contribution in [0, 0.1) is 32.6 Å². The van der Waals surface area contributed by atoms with Gasteiger partial charge in [-0.1, -0.05) is 23.4 Å². The molecule has 3 aromatic rings. The van der Waals surface area contributed by atoms with E-state index in [-0.39, 0.29) is 28.5 Å². The number of nitrogens with zero attached hydrogens (tertiary/aromatic N) is 4. The molecule has 4 heterocycles. The topological polar surface area (TPSA) is 108 Å². The van der Waals surface area contributed by atoms with E-state index in [1.807, 2.05) is 24.3 Å². The number of rotatable bonds is 5. The van der Waals surface area contributed by atoms with Crippen LogP contribution < -0.4 is 9.47 Å². The number of ether oxygens (including phenoxy) is 2. The molecule has 32 heavy (non-hydrogen) atoms. The molecule has 2 aromatic heterocycles. The van der Waals surface area contributed by atoms with Crippen LogP contribution in [0.1, 0.15) is 28.9 Å². The Labute approximate surface area is 186 Å². The number of fused-ring (bicyclic) bond motifs is 3. The first-order valence-corrected chi connectivity index (χ1v) is 11.9. The Morgan fingerprint density at radius 2 is 2.00 bits per heavy atom. The molecule has 0 spiro atoms. The van der Waals surface area contributed by atoms with Gasteiger partial charge in [0.2, 0.25) is 15.9 Å². The van der Waals surface area contributed by atoms with Gasteiger partial charge < -0.3 is 14.0 Å². The Bertz CT molecular complexity index is 1240. The van der Waals surface area contributed by atoms with Crippen molar-refractivity contribution in [3.05, 3.63) is 59.4 Å². The van der Waals surface area contributed by atoms with Gasteiger partial charge in [-0.15, -0.1) is 0 Å². The summed E-state index contributed by atoms with van der Waals surface area (Å²) in [6.45, 7) is 6.08. The standard InChI is InChI=1S/C22H24N4O5S/c1-13-22(14(2)31-25-13)32(27,28)26-10-16(11-30-20-8-9-23-15(3)24-20)18-12-29-19-7-5-4-6-17(19)21(18)26/h4-9,16,18,21H,10-12H2,1-3H3/t16-,18-,21-/m0/s1. The van der Waals surface area contributed by atoms with Gasteiger partial charge in [-0.3, -0.25) is 0 Å². The van der Waals surface area contributed by atoms with Gasteiger partial charge in [-0.05, 0) is 26.8 Å². The van der Waals surface area contributed by atoms with Crippen molar-refractivity contribution in [1.82, 2.24) is 19.4 Å². The highest BCUT2D eigenvalue weighted by molar-refractivity contribution is 7.89. The lowest BCUT2D eigenvalue weighted by atomic mass is 9.86. The van der Waals surface area contributed by atoms with E-state index < -0.39 is 10.0 Å². The summed E-state index contributed by atoms with van der Waals surface area (Å²) >= 11 is 0. The minimum atomic E-state index is -3.85. The molecule has 0 radical (unpaired) electrons. The molecule has 0 saturated carbocycles. The molecule has 9 nitrogen and oxygen atoms in total. The van der Waals surface area contributed by atoms with Crippen molar-refractivity contribution in [2.24, 2.45) is 11.8 Å². The highest BCUT2D eigenvalue weighted by Crippen LogP contribution is 2.49. The van der Waals surface area contributed by atoms with Crippen molar-refractivity contribution in [3.8, 4) is 11.6 Å². The molecule has 2 aliphatic rings. The van der Waals surface area contributed by atoms with Crippen molar-refractivity contribution < 1.29 is 22.4 Å². The van der Waals surface area contributed by atoms with E-state index in [4.69, 9.17) is 14.0 Å². The number of para-hydroxylation sites is 1. The van der Waals surface area contributed by atoms with Crippen LogP contribution in [-0.4, -0.2) is 47.6 Å². The normalized spacial score (nSPS) is 22.8. The maximum Gasteiger partial charge on any atom is 0.249 e. The summed E-state index contributed by atoms with van der Waals surface area (Å²) in [4.78, 5) is 8.51. The van der Waals surface area contributed by atoms with Crippen molar-refractivity contribution in [2.45, 2.75) is 31.7 Å². The van der Waals surface area contributed by atoms with Crippen LogP contribution >= 0.6 is 0 Å². The summed E-state index contributed by atoms with van der Waals surface area (Å²) in [7, 11) is -3.85. The molecule has 0 bridgehead atoms. The van der Waals surface area contributed by atoms with Crippen molar-refractivity contribution in [3.63, 3.8) is 0 Å². The first-order valence-electron chi connectivity index (χ1n) is 10.4. The zero-order valence-corrected chi connectivity index (χ0v) is 18.9. The molecule has 0 unspecified atom stereocenters. The van der Waals surface area contributed by atoms with Crippen molar-refractivity contribution in [1.29, 1.82) is 0 Å². The summed E-state index contributed by atoms with van der Waals surface area (Å²) in [5.74, 6) is 1.93. The number of hydrogen-bond acceptors (Lipinski definition) is 8. The van der Waals surface area contributed by atoms with Crippen LogP contribution in [0.5, 0.6) is 11.6 Å². The Kier molecular flexibility index (Phi) is 5.13. The minimum Gasteiger partial charge on any atom is -0.493 e. The average molecular weight is 457 g/mol. The Hall–Kier alpha value is -2.98. The molecule has 3 atom stereocenters. The Morgan fingerprint density at radius 3 is 2.75 bits per heavy atom. The third-order valence-corrected chi connectivity index (χ3v) is 8.23. The molecule has 5 rings (SSSR count). The molecule has 1 saturated heterocycles. The fourth-order valence-corrected chi connectivity index (χ4v) is 6.70. The largest absolute Gasteiger partial charge is 0.493 e. The molecule has 2 aliphatic heterocycles. The fraction of sp³-hybridized carbons (Fsp3) is 0.409. The van der Waals surface area contributed by atoms with Crippen LogP contribution in [0.3, 0.4) is 0 Å². The third kappa shape index (κ3) is 3.43. The maximum absolute atomic E-state index is 13.8. The van der Waals surface area contributed by atoms with Crippen molar-refractivity contribution in [2.75, 3.05) is 19.8 Å². The van der Waals surface area contributed by atoms with Gasteiger partial charge in [0.25, 0.3) is 0 Å². The zero-order chi connectivity index (χ0) is 22.5. The van der Waals surface area contributed by atoms with E-state index in [1.165, 1.54) is 0 Å². The molecule has 0 N–H and O–H groups in total. The number of aryl methyl sites for hydroxylation is 3. The lowest BCUT2D eigenvalue weighted by molar-refractivity contribution is 0.134. The predicted octanol–water partition coefficient (Wildman–Crippen LogP) is 2.84. The van der Waals surface area contributed by atoms with Crippen LogP contribution in [-0.2, 0) is 10.0 Å². The average Bonchev–Trinajstić information content (AvgIpc) is 3.33. The lowest BCUT2D eigenvalue weighted by Gasteiger charge is -2.33. The maximum atomic E-state index is 13.8. The molecule has 1 aromatic carbocycles. The van der Waals surface area contributed by atoms with Gasteiger partial charge >= 0.3 is 0 Å². The molecular weight excluding hydrogens is 432 g/mol. The van der Waals surface area contributed by atoms with Crippen molar-refractivity contribution >= 4 is 10.0 Å². The SMILES string of the molecule is Cc1nccc(OC[C@@H]2CN(S(=O)(=O)c3c(C)noc3C)[C@H]3c4ccccc4OC[C@@H]23)n1. The molecule has 0 amide bonds. The fourth-order valence-electron chi connectivity index (χ4n) is 4.70. The first kappa shape index (κ1) is 20.9. The first-order chi connectivity index (χ1) is 15.4. The summed E-state index contributed by atoms with van der Waals surface area (Å²) in [5.41, 5.74) is 1.22. The summed E-state index contributed by atoms with van der Waals surface area (Å²) < 4.78 is 46.3. The van der Waals surface area contributed by atoms with E-state index in [1.54, 1.807) is 37.3 Å². The van der Waals surface area contributed by atoms with Gasteiger partial charge in [0, 0.05) is 36.2 Å². The van der Waals surface area contributed by atoms with Crippen LogP contribution in [0.4, 0.5) is 0 Å². The summed E-state index contributed by atoms with van der Waals surface area (Å²) in [6.07, 6.45) is 1.64. The molecule has 168 valence electrons. The van der Waals surface area contributed by atoms with E-state index in [0.29, 0.717) is 42.9 Å². The van der Waals surface area contributed by atoms with E-state index in [2.05, 4.69) is 15.1 Å². The number of sulfonamides is 1. The van der Waals surface area contributed by atoms with Crippen LogP contribution in [0.15, 0.2) is 45.9 Å². The predicted molar refractivity (Wildman–Crippen MR) is 114 cm³/mol. The van der Waals surface area contributed by atoms with Gasteiger partial charge in [0.1, 0.15) is 22.2 Å². The second-order valence-corrected chi connectivity index (χ2v) is 10.0. The number of benzene rings is 1. The summed E-state index contributed by atoms with van der Waals surface area (Å²) in [5, 5.41) is 3.86. The Morgan fingerprint density at radius 1 is 1.19 bits per heavy atom. The van der Waals surface area contributed by atoms with Crippen LogP contribution in [0.2, 0.25) is 0 Å². The number of aromatic nitrogens is 3. The molecular formula is C22H24N4O5S. The van der Waals surface area contributed by atoms with Gasteiger partial charge in [0.05, 0.1) is 19.3 Å². The number of hydrogen-bond donors (Lipinski definition) is 0. The molecule has 1 fully saturated rings. The second-order valence-electron chi connectivity index (χ2n) is 8.20. The zero-order valence-electron chi connectivity index (χ0n) is 18.1. The Balaban J connectivity index is 1.51. The monoisotopic (exact) mass is 456 g/mol. The van der Waals surface area contributed by atoms with Gasteiger partial charge in [-0.2, -0.15) is 9.29 Å². The van der Waals surface area contributed by atoms with Gasteiger partial charge in [0.15, 0.2) is 5.76 Å². The summed E-state index contributed by atoms with van der Waals surface area (Å²) in [6, 6.07) is 8.93. The quantitative estimate of drug-likeness (QED) is 0.577. The third-order valence-electron chi connectivity index (χ3n) is 6.14. The second kappa shape index (κ2) is 7.86. The smallest absolute Gasteiger partial charge is 0.249 e. The van der Waals surface area contributed by atoms with E-state index >= 15 is 0 Å². The molecule has 0 aliphatic carbocycles. The highest BCUT2D eigenvalue weighted by atomic mass is 32.2. The highest BCUT2D eigenvalue weighted by Gasteiger charge is 2.52. The van der Waals surface area contributed by atoms with Crippen LogP contribution in [0.25, 0.3) is 0 Å². The van der Waals surface area contributed by atoms with E-state index in [9.17, 15) is 8.42 Å². The van der Waals surface area contributed by atoms with E-state index in [0.717, 1.165) is 5.56 Å². The minimum absolute atomic E-state index is 0.0666.